The molecule has 3 aromatic carbocycles. The second-order valence-electron chi connectivity index (χ2n) is 10.3. The van der Waals surface area contributed by atoms with Crippen LogP contribution >= 0.6 is 62.1 Å². The highest BCUT2D eigenvalue weighted by molar-refractivity contribution is 9.10. The number of aromatic nitrogens is 4. The average Bonchev–Trinajstić information content (AvgIpc) is 3.58. The monoisotopic (exact) mass is 712 g/mol. The molecule has 0 radical (unpaired) electrons. The van der Waals surface area contributed by atoms with Crippen LogP contribution in [-0.2, 0) is 5.75 Å². The molecule has 0 spiro atoms. The number of nitrogens with zero attached hydrogens (tertiary/aromatic N) is 4. The second-order valence-corrected chi connectivity index (χ2v) is 15.4. The number of hydrogen-bond acceptors (Lipinski definition) is 8. The van der Waals surface area contributed by atoms with Gasteiger partial charge in [-0.25, -0.2) is 15.0 Å². The molecule has 7 rings (SSSR count). The Labute approximate surface area is 279 Å². The number of rotatable bonds is 7. The van der Waals surface area contributed by atoms with Crippen LogP contribution in [-0.4, -0.2) is 19.5 Å². The highest BCUT2D eigenvalue weighted by Gasteiger charge is 2.22. The summed E-state index contributed by atoms with van der Waals surface area (Å²) in [5.41, 5.74) is 3.96. The van der Waals surface area contributed by atoms with E-state index in [2.05, 4.69) is 54.0 Å². The highest BCUT2D eigenvalue weighted by Crippen LogP contribution is 2.40. The number of hydrogen-bond donors (Lipinski definition) is 0. The van der Waals surface area contributed by atoms with E-state index in [-0.39, 0.29) is 5.56 Å². The summed E-state index contributed by atoms with van der Waals surface area (Å²) in [6, 6.07) is 28.3. The van der Waals surface area contributed by atoms with E-state index in [9.17, 15) is 4.79 Å². The van der Waals surface area contributed by atoms with Crippen molar-refractivity contribution in [2.24, 2.45) is 0 Å². The zero-order valence-corrected chi connectivity index (χ0v) is 28.9. The van der Waals surface area contributed by atoms with Crippen LogP contribution in [0.3, 0.4) is 0 Å². The number of thiophene rings is 2. The minimum absolute atomic E-state index is 0.0835. The predicted octanol–water partition coefficient (Wildman–Crippen LogP) is 10.3. The van der Waals surface area contributed by atoms with Crippen molar-refractivity contribution in [1.82, 2.24) is 19.5 Å². The maximum Gasteiger partial charge on any atom is 0.267 e. The first kappa shape index (κ1) is 29.4. The Balaban J connectivity index is 1.38. The van der Waals surface area contributed by atoms with Gasteiger partial charge < -0.3 is 0 Å². The third-order valence-electron chi connectivity index (χ3n) is 7.36. The van der Waals surface area contributed by atoms with Crippen LogP contribution < -0.4 is 5.56 Å². The Morgan fingerprint density at radius 3 is 2.36 bits per heavy atom. The number of para-hydroxylation sites is 1. The van der Waals surface area contributed by atoms with Crippen molar-refractivity contribution in [2.75, 3.05) is 0 Å². The van der Waals surface area contributed by atoms with E-state index in [0.29, 0.717) is 16.3 Å². The molecule has 0 N–H and O–H groups in total. The first-order valence-electron chi connectivity index (χ1n) is 13.9. The van der Waals surface area contributed by atoms with Crippen molar-refractivity contribution >= 4 is 82.6 Å². The number of halogens is 1. The first-order valence-corrected chi connectivity index (χ1v) is 18.1. The Hall–Kier alpha value is -3.28. The van der Waals surface area contributed by atoms with Gasteiger partial charge in [-0.1, -0.05) is 64.5 Å². The first-order chi connectivity index (χ1) is 21.4. The Morgan fingerprint density at radius 1 is 0.841 bits per heavy atom. The predicted molar refractivity (Wildman–Crippen MR) is 190 cm³/mol. The second kappa shape index (κ2) is 12.3. The van der Waals surface area contributed by atoms with Crippen molar-refractivity contribution in [1.29, 1.82) is 0 Å². The van der Waals surface area contributed by atoms with Gasteiger partial charge in [0.25, 0.3) is 5.56 Å². The van der Waals surface area contributed by atoms with Crippen LogP contribution in [0, 0.1) is 20.8 Å². The van der Waals surface area contributed by atoms with Crippen LogP contribution in [0.4, 0.5) is 0 Å². The third kappa shape index (κ3) is 5.65. The molecule has 4 heterocycles. The summed E-state index contributed by atoms with van der Waals surface area (Å²) in [5, 5.41) is 3.05. The van der Waals surface area contributed by atoms with Gasteiger partial charge in [0.1, 0.15) is 20.5 Å². The van der Waals surface area contributed by atoms with Crippen molar-refractivity contribution in [3.63, 3.8) is 0 Å². The van der Waals surface area contributed by atoms with Gasteiger partial charge >= 0.3 is 0 Å². The molecule has 0 unspecified atom stereocenters. The van der Waals surface area contributed by atoms with Gasteiger partial charge in [0.05, 0.1) is 16.8 Å². The van der Waals surface area contributed by atoms with Gasteiger partial charge in [0, 0.05) is 24.5 Å². The zero-order valence-electron chi connectivity index (χ0n) is 24.0. The Morgan fingerprint density at radius 2 is 1.59 bits per heavy atom. The molecule has 0 aliphatic heterocycles. The van der Waals surface area contributed by atoms with Crippen LogP contribution in [0.1, 0.15) is 21.8 Å². The van der Waals surface area contributed by atoms with E-state index < -0.39 is 0 Å². The van der Waals surface area contributed by atoms with E-state index in [4.69, 9.17) is 15.0 Å². The molecule has 218 valence electrons. The van der Waals surface area contributed by atoms with Gasteiger partial charge in [-0.3, -0.25) is 9.36 Å². The topological polar surface area (TPSA) is 60.7 Å². The van der Waals surface area contributed by atoms with Crippen molar-refractivity contribution in [3.8, 4) is 16.1 Å². The molecule has 0 aliphatic carbocycles. The summed E-state index contributed by atoms with van der Waals surface area (Å²) < 4.78 is 2.80. The molecule has 0 saturated carbocycles. The summed E-state index contributed by atoms with van der Waals surface area (Å²) in [6.07, 6.45) is 0. The number of aryl methyl sites for hydroxylation is 3. The molecule has 0 atom stereocenters. The van der Waals surface area contributed by atoms with E-state index in [1.165, 1.54) is 16.6 Å². The molecule has 0 fully saturated rings. The summed E-state index contributed by atoms with van der Waals surface area (Å²) in [5.74, 6) is 1.38. The van der Waals surface area contributed by atoms with Gasteiger partial charge in [-0.05, 0) is 85.6 Å². The average molecular weight is 714 g/mol. The molecule has 10 heteroatoms. The lowest BCUT2D eigenvalue weighted by molar-refractivity contribution is 0.815. The summed E-state index contributed by atoms with van der Waals surface area (Å²) >= 11 is 9.89. The molecule has 0 saturated heterocycles. The summed E-state index contributed by atoms with van der Waals surface area (Å²) in [6.45, 7) is 6.27. The number of thioether (sulfide) groups is 1. The highest BCUT2D eigenvalue weighted by atomic mass is 79.9. The van der Waals surface area contributed by atoms with Crippen molar-refractivity contribution < 1.29 is 0 Å². The van der Waals surface area contributed by atoms with Gasteiger partial charge in [-0.2, -0.15) is 0 Å². The van der Waals surface area contributed by atoms with Gasteiger partial charge in [0.2, 0.25) is 0 Å². The van der Waals surface area contributed by atoms with Crippen LogP contribution in [0.15, 0.2) is 109 Å². The van der Waals surface area contributed by atoms with E-state index in [1.54, 1.807) is 39.0 Å². The van der Waals surface area contributed by atoms with Crippen molar-refractivity contribution in [2.45, 2.75) is 41.6 Å². The molecule has 0 bridgehead atoms. The molecular weight excluding hydrogens is 689 g/mol. The lowest BCUT2D eigenvalue weighted by Crippen LogP contribution is -2.21. The molecule has 7 aromatic rings. The molecule has 44 heavy (non-hydrogen) atoms. The normalized spacial score (nSPS) is 11.5. The largest absolute Gasteiger partial charge is 0.268 e. The fourth-order valence-corrected chi connectivity index (χ4v) is 9.26. The molecular formula is C34H25BrN4OS4. The Kier molecular flexibility index (Phi) is 8.19. The molecule has 0 aliphatic rings. The van der Waals surface area contributed by atoms with E-state index >= 15 is 0 Å². The van der Waals surface area contributed by atoms with Crippen LogP contribution in [0.2, 0.25) is 0 Å². The molecule has 0 amide bonds. The molecule has 5 nitrogen and oxygen atoms in total. The van der Waals surface area contributed by atoms with E-state index in [1.807, 2.05) is 67.6 Å². The number of benzene rings is 3. The lowest BCUT2D eigenvalue weighted by Gasteiger charge is -2.14. The summed E-state index contributed by atoms with van der Waals surface area (Å²) in [4.78, 5) is 34.6. The smallest absolute Gasteiger partial charge is 0.267 e. The Bertz CT molecular complexity index is 2220. The summed E-state index contributed by atoms with van der Waals surface area (Å²) in [7, 11) is 0. The molecule has 4 aromatic heterocycles. The zero-order chi connectivity index (χ0) is 30.4. The van der Waals surface area contributed by atoms with E-state index in [0.717, 1.165) is 62.5 Å². The lowest BCUT2D eigenvalue weighted by atomic mass is 10.2. The van der Waals surface area contributed by atoms with Crippen molar-refractivity contribution in [3.05, 3.63) is 122 Å². The fourth-order valence-electron chi connectivity index (χ4n) is 4.96. The SMILES string of the molecule is Cc1ccccc1-n1c(Sc2nc(CSc3ccc(Br)cc3)nc3sc(C)c(C)c23)nc2sc(-c3ccccc3)cc2c1=O. The van der Waals surface area contributed by atoms with Gasteiger partial charge in [0.15, 0.2) is 5.16 Å². The van der Waals surface area contributed by atoms with Crippen LogP contribution in [0.5, 0.6) is 0 Å². The fraction of sp³-hybridized carbons (Fsp3) is 0.118. The minimum Gasteiger partial charge on any atom is -0.268 e. The standard InChI is InChI=1S/C34H25BrN4OS4/c1-19-9-7-8-12-26(19)39-33(40)25-17-27(22-10-5-4-6-11-22)43-30(25)38-34(39)44-32-29-20(2)21(3)42-31(29)36-28(37-32)18-41-24-15-13-23(35)14-16-24/h4-17H,18H2,1-3H3. The quantitative estimate of drug-likeness (QED) is 0.0931. The van der Waals surface area contributed by atoms with Crippen LogP contribution in [0.25, 0.3) is 36.6 Å². The maximum atomic E-state index is 14.3. The number of fused-ring (bicyclic) bond motifs is 2. The maximum absolute atomic E-state index is 14.3. The minimum atomic E-state index is -0.0835. The van der Waals surface area contributed by atoms with Gasteiger partial charge in [-0.15, -0.1) is 34.4 Å². The third-order valence-corrected chi connectivity index (χ3v) is 12.0.